The summed E-state index contributed by atoms with van der Waals surface area (Å²) in [6, 6.07) is 0. The summed E-state index contributed by atoms with van der Waals surface area (Å²) in [5.41, 5.74) is 0. The Morgan fingerprint density at radius 2 is 1.50 bits per heavy atom. The van der Waals surface area contributed by atoms with Crippen LogP contribution in [-0.4, -0.2) is 88.1 Å². The summed E-state index contributed by atoms with van der Waals surface area (Å²) in [5, 5.41) is 0. The van der Waals surface area contributed by atoms with Crippen LogP contribution in [0.25, 0.3) is 0 Å². The van der Waals surface area contributed by atoms with E-state index in [1.54, 1.807) is 0 Å². The molecule has 6 heavy (non-hydrogen) atoms. The quantitative estimate of drug-likeness (QED) is 0.535. The van der Waals surface area contributed by atoms with Crippen molar-refractivity contribution in [3.05, 3.63) is 0 Å². The molecule has 0 aromatic heterocycles. The van der Waals surface area contributed by atoms with Gasteiger partial charge < -0.3 is 0 Å². The van der Waals surface area contributed by atoms with E-state index in [1.807, 2.05) is 0 Å². The van der Waals surface area contributed by atoms with Gasteiger partial charge >= 0.3 is 68.9 Å². The SMILES string of the molecule is CS(=O)(=O)O.[CsH]. The van der Waals surface area contributed by atoms with Crippen molar-refractivity contribution < 1.29 is 13.0 Å². The molecule has 0 radical (unpaired) electrons. The van der Waals surface area contributed by atoms with Crippen LogP contribution in [0.2, 0.25) is 0 Å². The van der Waals surface area contributed by atoms with E-state index in [2.05, 4.69) is 0 Å². The number of rotatable bonds is 0. The molecule has 3 nitrogen and oxygen atoms in total. The average Bonchev–Trinajstić information content (AvgIpc) is 0.722. The third-order valence-corrected chi connectivity index (χ3v) is 0. The Balaban J connectivity index is 0. The van der Waals surface area contributed by atoms with Crippen LogP contribution in [0.15, 0.2) is 0 Å². The van der Waals surface area contributed by atoms with Crippen molar-refractivity contribution in [2.24, 2.45) is 0 Å². The van der Waals surface area contributed by atoms with E-state index >= 15 is 0 Å². The summed E-state index contributed by atoms with van der Waals surface area (Å²) in [6.45, 7) is 0. The minimum atomic E-state index is -3.67. The van der Waals surface area contributed by atoms with Gasteiger partial charge in [-0.1, -0.05) is 0 Å². The minimum absolute atomic E-state index is 0. The predicted octanol–water partition coefficient (Wildman–Crippen LogP) is -1.14. The molecule has 0 aliphatic carbocycles. The molecule has 1 N–H and O–H groups in total. The van der Waals surface area contributed by atoms with E-state index in [0.29, 0.717) is 6.26 Å². The molecule has 0 bridgehead atoms. The zero-order valence-electron chi connectivity index (χ0n) is 2.67. The Morgan fingerprint density at radius 1 is 1.50 bits per heavy atom. The van der Waals surface area contributed by atoms with Crippen LogP contribution in [0.1, 0.15) is 0 Å². The normalized spacial score (nSPS) is 9.67. The first-order chi connectivity index (χ1) is 2.00. The van der Waals surface area contributed by atoms with Gasteiger partial charge in [0.05, 0.1) is 6.26 Å². The van der Waals surface area contributed by atoms with Crippen molar-refractivity contribution in [3.63, 3.8) is 0 Å². The second kappa shape index (κ2) is 3.90. The van der Waals surface area contributed by atoms with Crippen LogP contribution in [0.4, 0.5) is 0 Å². The van der Waals surface area contributed by atoms with Gasteiger partial charge in [0, 0.05) is 0 Å². The fourth-order valence-electron chi connectivity index (χ4n) is 0. The van der Waals surface area contributed by atoms with Gasteiger partial charge in [0.2, 0.25) is 0 Å². The molecule has 0 rings (SSSR count). The summed E-state index contributed by atoms with van der Waals surface area (Å²) in [4.78, 5) is 0. The monoisotopic (exact) mass is 230 g/mol. The summed E-state index contributed by atoms with van der Waals surface area (Å²) >= 11 is 0. The van der Waals surface area contributed by atoms with Crippen molar-refractivity contribution in [3.8, 4) is 0 Å². The zero-order valence-corrected chi connectivity index (χ0v) is 3.49. The van der Waals surface area contributed by atoms with E-state index in [1.165, 1.54) is 0 Å². The Labute approximate surface area is 95.7 Å². The van der Waals surface area contributed by atoms with Gasteiger partial charge in [0.15, 0.2) is 0 Å². The molecule has 0 aromatic rings. The first kappa shape index (κ1) is 10.9. The Kier molecular flexibility index (Phi) is 7.06. The molecule has 34 valence electrons. The summed E-state index contributed by atoms with van der Waals surface area (Å²) in [5.74, 6) is 0. The maximum atomic E-state index is 9.19. The second-order valence-corrected chi connectivity index (χ2v) is 2.20. The van der Waals surface area contributed by atoms with E-state index in [4.69, 9.17) is 4.55 Å². The zero-order chi connectivity index (χ0) is 4.50. The Morgan fingerprint density at radius 3 is 1.50 bits per heavy atom. The van der Waals surface area contributed by atoms with Crippen LogP contribution in [-0.2, 0) is 10.1 Å². The van der Waals surface area contributed by atoms with Crippen LogP contribution >= 0.6 is 0 Å². The van der Waals surface area contributed by atoms with Crippen LogP contribution in [0.3, 0.4) is 0 Å². The molecule has 0 aliphatic heterocycles. The second-order valence-electron chi connectivity index (χ2n) is 0.733. The molecule has 0 heterocycles. The van der Waals surface area contributed by atoms with Gasteiger partial charge in [-0.05, 0) is 0 Å². The van der Waals surface area contributed by atoms with Crippen LogP contribution in [0, 0.1) is 0 Å². The van der Waals surface area contributed by atoms with Crippen molar-refractivity contribution >= 4 is 79.0 Å². The summed E-state index contributed by atoms with van der Waals surface area (Å²) in [6.07, 6.45) is 0.715. The van der Waals surface area contributed by atoms with Crippen molar-refractivity contribution in [2.45, 2.75) is 0 Å². The molecule has 0 spiro atoms. The number of hydrogen-bond donors (Lipinski definition) is 1. The van der Waals surface area contributed by atoms with Gasteiger partial charge in [0.1, 0.15) is 0 Å². The first-order valence-corrected chi connectivity index (χ1v) is 2.77. The van der Waals surface area contributed by atoms with Gasteiger partial charge in [0.25, 0.3) is 10.1 Å². The molecule has 0 aromatic carbocycles. The van der Waals surface area contributed by atoms with Crippen LogP contribution in [0.5, 0.6) is 0 Å². The molecule has 0 fully saturated rings. The van der Waals surface area contributed by atoms with E-state index in [-0.39, 0.29) is 68.9 Å². The van der Waals surface area contributed by atoms with E-state index in [9.17, 15) is 8.42 Å². The van der Waals surface area contributed by atoms with E-state index < -0.39 is 10.1 Å². The topological polar surface area (TPSA) is 54.4 Å². The Hall–Kier alpha value is 1.96. The van der Waals surface area contributed by atoms with Crippen molar-refractivity contribution in [1.82, 2.24) is 0 Å². The average molecular weight is 230 g/mol. The molecule has 0 atom stereocenters. The fourth-order valence-corrected chi connectivity index (χ4v) is 0. The predicted molar refractivity (Wildman–Crippen MR) is 24.6 cm³/mol. The van der Waals surface area contributed by atoms with E-state index in [0.717, 1.165) is 0 Å². The molecule has 0 saturated carbocycles. The van der Waals surface area contributed by atoms with Crippen molar-refractivity contribution in [1.29, 1.82) is 0 Å². The van der Waals surface area contributed by atoms with Gasteiger partial charge in [-0.15, -0.1) is 0 Å². The van der Waals surface area contributed by atoms with Crippen molar-refractivity contribution in [2.75, 3.05) is 6.26 Å². The third-order valence-electron chi connectivity index (χ3n) is 0. The molecule has 0 aliphatic rings. The standard InChI is InChI=1S/CH4O3S.Cs.H/c1-5(2,3)4;;/h1H3,(H,2,3,4);;. The molecule has 0 amide bonds. The van der Waals surface area contributed by atoms with Gasteiger partial charge in [-0.3, -0.25) is 4.55 Å². The molecule has 0 saturated heterocycles. The van der Waals surface area contributed by atoms with Crippen LogP contribution < -0.4 is 0 Å². The Bertz CT molecular complexity index is 94.0. The third kappa shape index (κ3) is 38.1. The van der Waals surface area contributed by atoms with Gasteiger partial charge in [-0.25, -0.2) is 0 Å². The molecule has 0 unspecified atom stereocenters. The number of hydrogen-bond acceptors (Lipinski definition) is 2. The molecule has 5 heteroatoms. The fraction of sp³-hybridized carbons (Fsp3) is 1.00. The first-order valence-electron chi connectivity index (χ1n) is 0.924. The molecular formula is CH5CsO3S. The molecular weight excluding hydrogens is 225 g/mol. The summed E-state index contributed by atoms with van der Waals surface area (Å²) in [7, 11) is -3.67. The maximum absolute atomic E-state index is 9.19. The van der Waals surface area contributed by atoms with Gasteiger partial charge in [-0.2, -0.15) is 8.42 Å². The summed E-state index contributed by atoms with van der Waals surface area (Å²) < 4.78 is 25.9.